The van der Waals surface area contributed by atoms with Gasteiger partial charge < -0.3 is 15.0 Å². The fraction of sp³-hybridized carbons (Fsp3) is 0.632. The van der Waals surface area contributed by atoms with Crippen LogP contribution in [0.25, 0.3) is 0 Å². The lowest BCUT2D eigenvalue weighted by atomic mass is 9.68. The number of methoxy groups -OCH3 is 1. The summed E-state index contributed by atoms with van der Waals surface area (Å²) in [6, 6.07) is 8.19. The summed E-state index contributed by atoms with van der Waals surface area (Å²) in [5, 5.41) is 3.41. The normalized spacial score (nSPS) is 24.3. The van der Waals surface area contributed by atoms with E-state index in [0.717, 1.165) is 38.2 Å². The Morgan fingerprint density at radius 2 is 1.87 bits per heavy atom. The molecule has 0 saturated carbocycles. The van der Waals surface area contributed by atoms with Gasteiger partial charge in [-0.05, 0) is 52.8 Å². The first-order chi connectivity index (χ1) is 10.9. The molecule has 2 fully saturated rings. The summed E-state index contributed by atoms with van der Waals surface area (Å²) in [5.41, 5.74) is 0.746. The zero-order valence-electron chi connectivity index (χ0n) is 14.7. The van der Waals surface area contributed by atoms with Crippen LogP contribution in [-0.4, -0.2) is 43.1 Å². The summed E-state index contributed by atoms with van der Waals surface area (Å²) in [4.78, 5) is 15.4. The highest BCUT2D eigenvalue weighted by atomic mass is 16.5. The monoisotopic (exact) mass is 316 g/mol. The van der Waals surface area contributed by atoms with Gasteiger partial charge in [0, 0.05) is 23.6 Å². The molecule has 2 aliphatic rings. The maximum Gasteiger partial charge on any atom is 0.230 e. The number of amides is 1. The molecule has 126 valence electrons. The Bertz CT molecular complexity index is 585. The SMILES string of the molecule is COc1ccccc1C1CN(C(C)(C)C)C(=O)C12CCNCC2. The number of likely N-dealkylation sites (tertiary alicyclic amines) is 1. The predicted octanol–water partition coefficient (Wildman–Crippen LogP) is 2.79. The van der Waals surface area contributed by atoms with Crippen LogP contribution in [0.1, 0.15) is 45.1 Å². The lowest BCUT2D eigenvalue weighted by Gasteiger charge is -2.38. The number of rotatable bonds is 2. The molecule has 1 aromatic rings. The molecule has 1 N–H and O–H groups in total. The van der Waals surface area contributed by atoms with Crippen LogP contribution in [0.2, 0.25) is 0 Å². The third-order valence-electron chi connectivity index (χ3n) is 5.52. The number of nitrogens with one attached hydrogen (secondary N) is 1. The van der Waals surface area contributed by atoms with Crippen LogP contribution in [0.4, 0.5) is 0 Å². The number of hydrogen-bond acceptors (Lipinski definition) is 3. The molecule has 4 nitrogen and oxygen atoms in total. The highest BCUT2D eigenvalue weighted by Gasteiger charge is 2.56. The number of carbonyl (C=O) groups excluding carboxylic acids is 1. The molecular weight excluding hydrogens is 288 g/mol. The maximum atomic E-state index is 13.4. The first-order valence-electron chi connectivity index (χ1n) is 8.56. The Kier molecular flexibility index (Phi) is 4.13. The lowest BCUT2D eigenvalue weighted by Crippen LogP contribution is -2.48. The first-order valence-corrected chi connectivity index (χ1v) is 8.56. The van der Waals surface area contributed by atoms with Crippen molar-refractivity contribution in [1.29, 1.82) is 0 Å². The summed E-state index contributed by atoms with van der Waals surface area (Å²) in [6.07, 6.45) is 1.81. The van der Waals surface area contributed by atoms with Crippen molar-refractivity contribution < 1.29 is 9.53 Å². The van der Waals surface area contributed by atoms with Crippen LogP contribution in [0, 0.1) is 5.41 Å². The number of benzene rings is 1. The van der Waals surface area contributed by atoms with Crippen molar-refractivity contribution in [1.82, 2.24) is 10.2 Å². The minimum Gasteiger partial charge on any atom is -0.496 e. The van der Waals surface area contributed by atoms with Gasteiger partial charge in [0.25, 0.3) is 0 Å². The standard InChI is InChI=1S/C19H28N2O2/c1-18(2,3)21-13-15(14-7-5-6-8-16(14)23-4)19(17(21)22)9-11-20-12-10-19/h5-8,15,20H,9-13H2,1-4H3. The van der Waals surface area contributed by atoms with Crippen LogP contribution in [-0.2, 0) is 4.79 Å². The van der Waals surface area contributed by atoms with E-state index in [1.54, 1.807) is 7.11 Å². The molecule has 23 heavy (non-hydrogen) atoms. The van der Waals surface area contributed by atoms with Gasteiger partial charge in [-0.2, -0.15) is 0 Å². The van der Waals surface area contributed by atoms with E-state index in [4.69, 9.17) is 4.74 Å². The van der Waals surface area contributed by atoms with Gasteiger partial charge in [0.1, 0.15) is 5.75 Å². The Morgan fingerprint density at radius 1 is 1.22 bits per heavy atom. The zero-order valence-corrected chi connectivity index (χ0v) is 14.7. The molecule has 4 heteroatoms. The first kappa shape index (κ1) is 16.3. The fourth-order valence-corrected chi connectivity index (χ4v) is 4.22. The van der Waals surface area contributed by atoms with E-state index in [0.29, 0.717) is 5.91 Å². The second kappa shape index (κ2) is 5.82. The maximum absolute atomic E-state index is 13.4. The van der Waals surface area contributed by atoms with E-state index in [-0.39, 0.29) is 16.9 Å². The Labute approximate surface area is 139 Å². The molecule has 0 aromatic heterocycles. The number of nitrogens with zero attached hydrogens (tertiary/aromatic N) is 1. The smallest absolute Gasteiger partial charge is 0.230 e. The predicted molar refractivity (Wildman–Crippen MR) is 91.7 cm³/mol. The number of para-hydroxylation sites is 1. The van der Waals surface area contributed by atoms with Crippen molar-refractivity contribution in [2.75, 3.05) is 26.7 Å². The second-order valence-corrected chi connectivity index (χ2v) is 7.79. The highest BCUT2D eigenvalue weighted by molar-refractivity contribution is 5.87. The van der Waals surface area contributed by atoms with Crippen molar-refractivity contribution in [2.45, 2.75) is 45.1 Å². The Balaban J connectivity index is 2.07. The van der Waals surface area contributed by atoms with Crippen molar-refractivity contribution in [3.63, 3.8) is 0 Å². The number of hydrogen-bond donors (Lipinski definition) is 1. The number of carbonyl (C=O) groups is 1. The quantitative estimate of drug-likeness (QED) is 0.912. The topological polar surface area (TPSA) is 41.6 Å². The van der Waals surface area contributed by atoms with Gasteiger partial charge in [-0.15, -0.1) is 0 Å². The minimum absolute atomic E-state index is 0.147. The van der Waals surface area contributed by atoms with Gasteiger partial charge in [-0.1, -0.05) is 18.2 Å². The molecule has 1 aromatic carbocycles. The molecule has 2 aliphatic heterocycles. The van der Waals surface area contributed by atoms with Gasteiger partial charge in [-0.25, -0.2) is 0 Å². The summed E-state index contributed by atoms with van der Waals surface area (Å²) in [5.74, 6) is 1.42. The van der Waals surface area contributed by atoms with Crippen LogP contribution < -0.4 is 10.1 Å². The van der Waals surface area contributed by atoms with Crippen LogP contribution >= 0.6 is 0 Å². The average Bonchev–Trinajstić information content (AvgIpc) is 2.81. The van der Waals surface area contributed by atoms with E-state index in [9.17, 15) is 4.79 Å². The lowest BCUT2D eigenvalue weighted by molar-refractivity contribution is -0.141. The summed E-state index contributed by atoms with van der Waals surface area (Å²) < 4.78 is 5.60. The van der Waals surface area contributed by atoms with Crippen LogP contribution in [0.15, 0.2) is 24.3 Å². The summed E-state index contributed by atoms with van der Waals surface area (Å²) in [6.45, 7) is 8.99. The molecule has 0 radical (unpaired) electrons. The van der Waals surface area contributed by atoms with E-state index in [2.05, 4.69) is 43.1 Å². The summed E-state index contributed by atoms with van der Waals surface area (Å²) in [7, 11) is 1.71. The highest BCUT2D eigenvalue weighted by Crippen LogP contribution is 2.52. The van der Waals surface area contributed by atoms with Gasteiger partial charge in [0.2, 0.25) is 5.91 Å². The number of ether oxygens (including phenoxy) is 1. The molecule has 1 spiro atoms. The van der Waals surface area contributed by atoms with E-state index in [1.807, 2.05) is 12.1 Å². The van der Waals surface area contributed by atoms with Crippen molar-refractivity contribution in [2.24, 2.45) is 5.41 Å². The van der Waals surface area contributed by atoms with Gasteiger partial charge in [0.05, 0.1) is 12.5 Å². The van der Waals surface area contributed by atoms with Crippen molar-refractivity contribution in [3.8, 4) is 5.75 Å². The molecule has 2 saturated heterocycles. The van der Waals surface area contributed by atoms with E-state index >= 15 is 0 Å². The van der Waals surface area contributed by atoms with Gasteiger partial charge in [-0.3, -0.25) is 4.79 Å². The molecule has 2 heterocycles. The Morgan fingerprint density at radius 3 is 2.48 bits per heavy atom. The molecule has 1 amide bonds. The van der Waals surface area contributed by atoms with E-state index in [1.165, 1.54) is 5.56 Å². The second-order valence-electron chi connectivity index (χ2n) is 7.79. The molecule has 1 atom stereocenters. The molecule has 3 rings (SSSR count). The van der Waals surface area contributed by atoms with Crippen molar-refractivity contribution >= 4 is 5.91 Å². The summed E-state index contributed by atoms with van der Waals surface area (Å²) >= 11 is 0. The number of piperidine rings is 1. The van der Waals surface area contributed by atoms with Crippen molar-refractivity contribution in [3.05, 3.63) is 29.8 Å². The minimum atomic E-state index is -0.285. The van der Waals surface area contributed by atoms with Crippen LogP contribution in [0.3, 0.4) is 0 Å². The zero-order chi connectivity index (χ0) is 16.7. The molecule has 1 unspecified atom stereocenters. The van der Waals surface area contributed by atoms with Crippen LogP contribution in [0.5, 0.6) is 5.75 Å². The third-order valence-corrected chi connectivity index (χ3v) is 5.52. The molecule has 0 bridgehead atoms. The Hall–Kier alpha value is -1.55. The van der Waals surface area contributed by atoms with E-state index < -0.39 is 0 Å². The fourth-order valence-electron chi connectivity index (χ4n) is 4.22. The van der Waals surface area contributed by atoms with Gasteiger partial charge >= 0.3 is 0 Å². The molecular formula is C19H28N2O2. The molecule has 0 aliphatic carbocycles. The average molecular weight is 316 g/mol. The third kappa shape index (κ3) is 2.63. The van der Waals surface area contributed by atoms with Gasteiger partial charge in [0.15, 0.2) is 0 Å². The largest absolute Gasteiger partial charge is 0.496 e.